The molecule has 1 aromatic rings. The summed E-state index contributed by atoms with van der Waals surface area (Å²) in [5.74, 6) is 1.76. The van der Waals surface area contributed by atoms with E-state index in [1.807, 2.05) is 49.7 Å². The lowest BCUT2D eigenvalue weighted by Gasteiger charge is -2.32. The van der Waals surface area contributed by atoms with Crippen molar-refractivity contribution in [2.24, 2.45) is 5.92 Å². The standard InChI is InChI=1S/C26H30N2O3/c1-27-22-11-7-18(8-12-22)21-9-13-23-6-4-5-19(16-26(29)28(23)17-21)20-10-14-24(30-2)25(15-20)31-3/h4-6,9-10,13-18,22,27H,7-8,11-12H2,1-3H3/b5-4+,19-16+,23-6+/t18-,22-. The third kappa shape index (κ3) is 4.52. The minimum atomic E-state index is -0.0499. The van der Waals surface area contributed by atoms with Crippen LogP contribution in [0.3, 0.4) is 0 Å². The van der Waals surface area contributed by atoms with E-state index in [2.05, 4.69) is 17.5 Å². The molecule has 0 spiro atoms. The molecule has 4 rings (SSSR count). The number of methoxy groups -OCH3 is 2. The molecule has 1 aromatic carbocycles. The number of benzene rings is 1. The summed E-state index contributed by atoms with van der Waals surface area (Å²) in [7, 11) is 5.26. The number of amides is 1. The Bertz CT molecular complexity index is 992. The van der Waals surface area contributed by atoms with E-state index in [0.717, 1.165) is 29.7 Å². The van der Waals surface area contributed by atoms with Gasteiger partial charge in [-0.3, -0.25) is 9.69 Å². The molecule has 2 heterocycles. The molecule has 0 unspecified atom stereocenters. The summed E-state index contributed by atoms with van der Waals surface area (Å²) in [5, 5.41) is 3.39. The maximum atomic E-state index is 13.2. The fraction of sp³-hybridized carbons (Fsp3) is 0.346. The molecule has 1 fully saturated rings. The summed E-state index contributed by atoms with van der Waals surface area (Å²) in [4.78, 5) is 15.0. The number of nitrogens with one attached hydrogen (secondary N) is 1. The van der Waals surface area contributed by atoms with Gasteiger partial charge in [0.2, 0.25) is 0 Å². The lowest BCUT2D eigenvalue weighted by molar-refractivity contribution is -0.122. The number of carbonyl (C=O) groups excluding carboxylic acids is 1. The molecule has 1 N–H and O–H groups in total. The quantitative estimate of drug-likeness (QED) is 0.759. The van der Waals surface area contributed by atoms with Crippen LogP contribution in [0.5, 0.6) is 11.5 Å². The number of hydrogen-bond donors (Lipinski definition) is 1. The molecular formula is C26H30N2O3. The van der Waals surface area contributed by atoms with Crippen LogP contribution in [-0.2, 0) is 4.79 Å². The predicted molar refractivity (Wildman–Crippen MR) is 124 cm³/mol. The van der Waals surface area contributed by atoms with Crippen molar-refractivity contribution in [3.05, 3.63) is 77.7 Å². The Morgan fingerprint density at radius 2 is 1.77 bits per heavy atom. The minimum absolute atomic E-state index is 0.0499. The van der Waals surface area contributed by atoms with Gasteiger partial charge in [-0.1, -0.05) is 24.3 Å². The van der Waals surface area contributed by atoms with Crippen LogP contribution < -0.4 is 14.8 Å². The van der Waals surface area contributed by atoms with Crippen molar-refractivity contribution >= 4 is 11.5 Å². The van der Waals surface area contributed by atoms with Crippen LogP contribution in [0.1, 0.15) is 31.2 Å². The monoisotopic (exact) mass is 418 g/mol. The maximum absolute atomic E-state index is 13.2. The fourth-order valence-corrected chi connectivity index (χ4v) is 4.51. The van der Waals surface area contributed by atoms with Crippen LogP contribution >= 0.6 is 0 Å². The van der Waals surface area contributed by atoms with Gasteiger partial charge >= 0.3 is 0 Å². The summed E-state index contributed by atoms with van der Waals surface area (Å²) < 4.78 is 10.8. The van der Waals surface area contributed by atoms with Crippen LogP contribution in [0.4, 0.5) is 0 Å². The van der Waals surface area contributed by atoms with Gasteiger partial charge in [-0.2, -0.15) is 0 Å². The first-order valence-electron chi connectivity index (χ1n) is 10.9. The Kier molecular flexibility index (Phi) is 6.42. The van der Waals surface area contributed by atoms with Crippen LogP contribution in [0, 0.1) is 5.92 Å². The van der Waals surface area contributed by atoms with E-state index in [4.69, 9.17) is 9.47 Å². The fourth-order valence-electron chi connectivity index (χ4n) is 4.51. The lowest BCUT2D eigenvalue weighted by atomic mass is 9.81. The first-order chi connectivity index (χ1) is 15.1. The van der Waals surface area contributed by atoms with Crippen molar-refractivity contribution in [1.29, 1.82) is 0 Å². The molecule has 5 heteroatoms. The number of ether oxygens (including phenoxy) is 2. The predicted octanol–water partition coefficient (Wildman–Crippen LogP) is 4.60. The molecule has 1 aliphatic carbocycles. The number of nitrogens with zero attached hydrogens (tertiary/aromatic N) is 1. The largest absolute Gasteiger partial charge is 0.493 e. The second-order valence-electron chi connectivity index (χ2n) is 8.13. The Labute approximate surface area is 184 Å². The van der Waals surface area contributed by atoms with Gasteiger partial charge in [0.25, 0.3) is 5.91 Å². The van der Waals surface area contributed by atoms with Crippen molar-refractivity contribution < 1.29 is 14.3 Å². The van der Waals surface area contributed by atoms with Crippen LogP contribution in [-0.4, -0.2) is 38.1 Å². The van der Waals surface area contributed by atoms with Crippen LogP contribution in [0.25, 0.3) is 5.57 Å². The van der Waals surface area contributed by atoms with Crippen LogP contribution in [0.15, 0.2) is 72.1 Å². The Morgan fingerprint density at radius 3 is 2.48 bits per heavy atom. The topological polar surface area (TPSA) is 50.8 Å². The Balaban J connectivity index is 1.60. The highest BCUT2D eigenvalue weighted by Gasteiger charge is 2.26. The summed E-state index contributed by atoms with van der Waals surface area (Å²) in [6, 6.07) is 6.30. The summed E-state index contributed by atoms with van der Waals surface area (Å²) in [6.45, 7) is 0. The summed E-state index contributed by atoms with van der Waals surface area (Å²) in [6.07, 6.45) is 18.5. The molecule has 0 aromatic heterocycles. The molecule has 0 saturated heterocycles. The minimum Gasteiger partial charge on any atom is -0.493 e. The molecule has 0 radical (unpaired) electrons. The highest BCUT2D eigenvalue weighted by molar-refractivity contribution is 6.00. The number of allylic oxidation sites excluding steroid dienone is 7. The molecule has 1 amide bonds. The number of fused-ring (bicyclic) bond motifs is 1. The van der Waals surface area contributed by atoms with Gasteiger partial charge in [0.15, 0.2) is 11.5 Å². The highest BCUT2D eigenvalue weighted by atomic mass is 16.5. The van der Waals surface area contributed by atoms with E-state index in [-0.39, 0.29) is 5.91 Å². The first kappa shape index (κ1) is 21.2. The molecule has 31 heavy (non-hydrogen) atoms. The van der Waals surface area contributed by atoms with Gasteiger partial charge in [-0.05, 0) is 79.6 Å². The molecular weight excluding hydrogens is 388 g/mol. The van der Waals surface area contributed by atoms with Crippen molar-refractivity contribution in [1.82, 2.24) is 10.2 Å². The normalized spacial score (nSPS) is 27.6. The third-order valence-corrected chi connectivity index (χ3v) is 6.39. The van der Waals surface area contributed by atoms with Gasteiger partial charge in [-0.25, -0.2) is 0 Å². The second kappa shape index (κ2) is 9.40. The lowest BCUT2D eigenvalue weighted by Crippen LogP contribution is -2.32. The third-order valence-electron chi connectivity index (χ3n) is 6.39. The van der Waals surface area contributed by atoms with Gasteiger partial charge in [0, 0.05) is 24.0 Å². The second-order valence-corrected chi connectivity index (χ2v) is 8.13. The maximum Gasteiger partial charge on any atom is 0.255 e. The van der Waals surface area contributed by atoms with Gasteiger partial charge in [-0.15, -0.1) is 0 Å². The molecule has 1 saturated carbocycles. The van der Waals surface area contributed by atoms with Crippen molar-refractivity contribution in [3.63, 3.8) is 0 Å². The zero-order valence-electron chi connectivity index (χ0n) is 18.4. The van der Waals surface area contributed by atoms with E-state index in [1.165, 1.54) is 18.4 Å². The van der Waals surface area contributed by atoms with E-state index in [0.29, 0.717) is 23.5 Å². The van der Waals surface area contributed by atoms with E-state index in [9.17, 15) is 4.79 Å². The van der Waals surface area contributed by atoms with Crippen LogP contribution in [0.2, 0.25) is 0 Å². The van der Waals surface area contributed by atoms with E-state index < -0.39 is 0 Å². The van der Waals surface area contributed by atoms with Gasteiger partial charge < -0.3 is 14.8 Å². The molecule has 0 bridgehead atoms. The van der Waals surface area contributed by atoms with Crippen molar-refractivity contribution in [3.8, 4) is 11.5 Å². The number of rotatable bonds is 5. The zero-order chi connectivity index (χ0) is 21.8. The van der Waals surface area contributed by atoms with Gasteiger partial charge in [0.05, 0.1) is 14.2 Å². The average Bonchev–Trinajstić information content (AvgIpc) is 2.81. The van der Waals surface area contributed by atoms with E-state index >= 15 is 0 Å². The highest BCUT2D eigenvalue weighted by Crippen LogP contribution is 2.35. The molecule has 5 nitrogen and oxygen atoms in total. The van der Waals surface area contributed by atoms with Crippen molar-refractivity contribution in [2.75, 3.05) is 21.3 Å². The summed E-state index contributed by atoms with van der Waals surface area (Å²) >= 11 is 0. The van der Waals surface area contributed by atoms with E-state index in [1.54, 1.807) is 25.2 Å². The average molecular weight is 419 g/mol. The molecule has 162 valence electrons. The first-order valence-corrected chi connectivity index (χ1v) is 10.9. The number of hydrogen-bond acceptors (Lipinski definition) is 4. The van der Waals surface area contributed by atoms with Gasteiger partial charge in [0.1, 0.15) is 0 Å². The van der Waals surface area contributed by atoms with Crippen molar-refractivity contribution in [2.45, 2.75) is 31.7 Å². The zero-order valence-corrected chi connectivity index (χ0v) is 18.4. The Hall–Kier alpha value is -3.05. The molecule has 0 atom stereocenters. The summed E-state index contributed by atoms with van der Waals surface area (Å²) in [5.41, 5.74) is 3.86. The SMILES string of the molecule is CN[C@H]1CC[C@H](C2=CN3C(=O)\C=C(c4ccc(OC)c(OC)c4)/C=C/C=C/3C=C2)CC1. The molecule has 3 aliphatic rings. The Morgan fingerprint density at radius 1 is 1.00 bits per heavy atom. The smallest absolute Gasteiger partial charge is 0.255 e. The molecule has 2 aliphatic heterocycles. The number of carbonyl (C=O) groups is 1.